The van der Waals surface area contributed by atoms with Gasteiger partial charge in [0.25, 0.3) is 0 Å². The second-order valence-corrected chi connectivity index (χ2v) is 8.30. The highest BCUT2D eigenvalue weighted by Gasteiger charge is 2.25. The molecule has 1 fully saturated rings. The van der Waals surface area contributed by atoms with E-state index in [0.717, 1.165) is 54.9 Å². The van der Waals surface area contributed by atoms with Crippen LogP contribution in [0.2, 0.25) is 0 Å². The third kappa shape index (κ3) is 4.35. The number of para-hydroxylation sites is 1. The fourth-order valence-corrected chi connectivity index (χ4v) is 4.43. The van der Waals surface area contributed by atoms with Gasteiger partial charge in [0, 0.05) is 48.2 Å². The number of anilines is 1. The molecule has 6 heteroatoms. The van der Waals surface area contributed by atoms with Crippen LogP contribution in [-0.2, 0) is 11.2 Å². The Kier molecular flexibility index (Phi) is 5.83. The number of piperidine rings is 1. The zero-order valence-corrected chi connectivity index (χ0v) is 18.0. The lowest BCUT2D eigenvalue weighted by molar-refractivity contribution is -0.125. The van der Waals surface area contributed by atoms with E-state index in [4.69, 9.17) is 0 Å². The molecule has 1 amide bonds. The Morgan fingerprint density at radius 1 is 0.969 bits per heavy atom. The standard InChI is InChI=1S/C26H27N5O/c32-26(27-15-12-21-18-28-24-9-5-4-8-22(21)24)20-13-16-31(17-14-20)25-11-10-23(29-30-25)19-6-2-1-3-7-19/h1-11,18,20,28H,12-17H2,(H,27,32). The molecule has 5 rings (SSSR count). The van der Waals surface area contributed by atoms with E-state index < -0.39 is 0 Å². The Morgan fingerprint density at radius 3 is 2.53 bits per heavy atom. The van der Waals surface area contributed by atoms with Crippen LogP contribution in [0.5, 0.6) is 0 Å². The molecule has 162 valence electrons. The Morgan fingerprint density at radius 2 is 1.75 bits per heavy atom. The van der Waals surface area contributed by atoms with E-state index in [9.17, 15) is 4.79 Å². The fraction of sp³-hybridized carbons (Fsp3) is 0.269. The first-order valence-electron chi connectivity index (χ1n) is 11.2. The summed E-state index contributed by atoms with van der Waals surface area (Å²) in [4.78, 5) is 18.2. The molecule has 6 nitrogen and oxygen atoms in total. The van der Waals surface area contributed by atoms with Crippen molar-refractivity contribution in [3.63, 3.8) is 0 Å². The molecule has 0 saturated carbocycles. The van der Waals surface area contributed by atoms with E-state index in [0.29, 0.717) is 6.54 Å². The summed E-state index contributed by atoms with van der Waals surface area (Å²) in [6, 6.07) is 22.4. The number of nitrogens with one attached hydrogen (secondary N) is 2. The summed E-state index contributed by atoms with van der Waals surface area (Å²) >= 11 is 0. The van der Waals surface area contributed by atoms with Crippen molar-refractivity contribution < 1.29 is 4.79 Å². The number of carbonyl (C=O) groups is 1. The summed E-state index contributed by atoms with van der Waals surface area (Å²) in [5, 5.41) is 13.2. The number of aromatic nitrogens is 3. The van der Waals surface area contributed by atoms with Gasteiger partial charge in [0.1, 0.15) is 0 Å². The van der Waals surface area contributed by atoms with Crippen LogP contribution in [0, 0.1) is 5.92 Å². The first kappa shape index (κ1) is 20.2. The SMILES string of the molecule is O=C(NCCc1c[nH]c2ccccc12)C1CCN(c2ccc(-c3ccccc3)nn2)CC1. The molecular weight excluding hydrogens is 398 g/mol. The Hall–Kier alpha value is -3.67. The van der Waals surface area contributed by atoms with Gasteiger partial charge in [-0.2, -0.15) is 0 Å². The second-order valence-electron chi connectivity index (χ2n) is 8.30. The number of benzene rings is 2. The van der Waals surface area contributed by atoms with E-state index in [1.165, 1.54) is 10.9 Å². The second kappa shape index (κ2) is 9.22. The minimum atomic E-state index is 0.0609. The van der Waals surface area contributed by atoms with Gasteiger partial charge in [-0.3, -0.25) is 4.79 Å². The van der Waals surface area contributed by atoms with Gasteiger partial charge in [0.2, 0.25) is 5.91 Å². The Balaban J connectivity index is 1.11. The smallest absolute Gasteiger partial charge is 0.223 e. The first-order valence-corrected chi connectivity index (χ1v) is 11.2. The molecule has 4 aromatic rings. The average Bonchev–Trinajstić information content (AvgIpc) is 3.28. The first-order chi connectivity index (χ1) is 15.8. The number of fused-ring (bicyclic) bond motifs is 1. The fourth-order valence-electron chi connectivity index (χ4n) is 4.43. The maximum Gasteiger partial charge on any atom is 0.223 e. The van der Waals surface area contributed by atoms with Crippen molar-refractivity contribution in [2.45, 2.75) is 19.3 Å². The van der Waals surface area contributed by atoms with Crippen LogP contribution in [0.15, 0.2) is 72.9 Å². The minimum Gasteiger partial charge on any atom is -0.361 e. The van der Waals surface area contributed by atoms with E-state index in [-0.39, 0.29) is 11.8 Å². The van der Waals surface area contributed by atoms with Crippen molar-refractivity contribution in [1.82, 2.24) is 20.5 Å². The maximum atomic E-state index is 12.7. The number of nitrogens with zero attached hydrogens (tertiary/aromatic N) is 3. The van der Waals surface area contributed by atoms with Crippen LogP contribution < -0.4 is 10.2 Å². The normalized spacial score (nSPS) is 14.6. The molecule has 0 radical (unpaired) electrons. The third-order valence-electron chi connectivity index (χ3n) is 6.28. The molecule has 0 spiro atoms. The molecule has 2 aromatic heterocycles. The molecule has 1 saturated heterocycles. The molecular formula is C26H27N5O. The highest BCUT2D eigenvalue weighted by atomic mass is 16.1. The summed E-state index contributed by atoms with van der Waals surface area (Å²) < 4.78 is 0. The number of amides is 1. The van der Waals surface area contributed by atoms with Crippen LogP contribution in [0.25, 0.3) is 22.2 Å². The predicted molar refractivity (Wildman–Crippen MR) is 127 cm³/mol. The minimum absolute atomic E-state index is 0.0609. The zero-order chi connectivity index (χ0) is 21.8. The lowest BCUT2D eigenvalue weighted by Crippen LogP contribution is -2.41. The van der Waals surface area contributed by atoms with Gasteiger partial charge >= 0.3 is 0 Å². The van der Waals surface area contributed by atoms with Crippen molar-refractivity contribution in [3.05, 3.63) is 78.5 Å². The number of carbonyl (C=O) groups excluding carboxylic acids is 1. The van der Waals surface area contributed by atoms with E-state index in [1.54, 1.807) is 0 Å². The molecule has 32 heavy (non-hydrogen) atoms. The quantitative estimate of drug-likeness (QED) is 0.486. The van der Waals surface area contributed by atoms with Crippen LogP contribution >= 0.6 is 0 Å². The van der Waals surface area contributed by atoms with Gasteiger partial charge in [-0.15, -0.1) is 10.2 Å². The molecule has 1 aliphatic heterocycles. The molecule has 1 aliphatic rings. The lowest BCUT2D eigenvalue weighted by Gasteiger charge is -2.31. The van der Waals surface area contributed by atoms with Crippen LogP contribution in [0.1, 0.15) is 18.4 Å². The summed E-state index contributed by atoms with van der Waals surface area (Å²) in [6.45, 7) is 2.30. The monoisotopic (exact) mass is 425 g/mol. The molecule has 0 aliphatic carbocycles. The molecule has 2 aromatic carbocycles. The van der Waals surface area contributed by atoms with Gasteiger partial charge in [-0.05, 0) is 43.0 Å². The van der Waals surface area contributed by atoms with Gasteiger partial charge in [-0.1, -0.05) is 48.5 Å². The van der Waals surface area contributed by atoms with Crippen molar-refractivity contribution in [2.75, 3.05) is 24.5 Å². The maximum absolute atomic E-state index is 12.7. The number of rotatable bonds is 6. The van der Waals surface area contributed by atoms with Crippen LogP contribution in [-0.4, -0.2) is 40.7 Å². The molecule has 0 atom stereocenters. The van der Waals surface area contributed by atoms with Gasteiger partial charge in [0.15, 0.2) is 5.82 Å². The summed E-state index contributed by atoms with van der Waals surface area (Å²) in [5.74, 6) is 1.10. The number of hydrogen-bond donors (Lipinski definition) is 2. The Labute approximate surface area is 187 Å². The molecule has 0 bridgehead atoms. The predicted octanol–water partition coefficient (Wildman–Crippen LogP) is 4.20. The topological polar surface area (TPSA) is 73.9 Å². The van der Waals surface area contributed by atoms with Crippen molar-refractivity contribution in [1.29, 1.82) is 0 Å². The number of aromatic amines is 1. The number of hydrogen-bond acceptors (Lipinski definition) is 4. The van der Waals surface area contributed by atoms with E-state index >= 15 is 0 Å². The third-order valence-corrected chi connectivity index (χ3v) is 6.28. The van der Waals surface area contributed by atoms with Crippen molar-refractivity contribution in [2.24, 2.45) is 5.92 Å². The zero-order valence-electron chi connectivity index (χ0n) is 18.0. The molecule has 3 heterocycles. The summed E-state index contributed by atoms with van der Waals surface area (Å²) in [7, 11) is 0. The van der Waals surface area contributed by atoms with E-state index in [2.05, 4.69) is 37.5 Å². The van der Waals surface area contributed by atoms with Gasteiger partial charge in [0.05, 0.1) is 5.69 Å². The van der Waals surface area contributed by atoms with Crippen LogP contribution in [0.4, 0.5) is 5.82 Å². The lowest BCUT2D eigenvalue weighted by atomic mass is 9.96. The van der Waals surface area contributed by atoms with Gasteiger partial charge in [-0.25, -0.2) is 0 Å². The van der Waals surface area contributed by atoms with Gasteiger partial charge < -0.3 is 15.2 Å². The molecule has 0 unspecified atom stereocenters. The largest absolute Gasteiger partial charge is 0.361 e. The highest BCUT2D eigenvalue weighted by molar-refractivity contribution is 5.83. The van der Waals surface area contributed by atoms with Crippen LogP contribution in [0.3, 0.4) is 0 Å². The summed E-state index contributed by atoms with van der Waals surface area (Å²) in [5.41, 5.74) is 4.32. The Bertz CT molecular complexity index is 1180. The van der Waals surface area contributed by atoms with Crippen molar-refractivity contribution in [3.8, 4) is 11.3 Å². The molecule has 2 N–H and O–H groups in total. The average molecular weight is 426 g/mol. The van der Waals surface area contributed by atoms with E-state index in [1.807, 2.05) is 60.8 Å². The summed E-state index contributed by atoms with van der Waals surface area (Å²) in [6.07, 6.45) is 4.54. The number of H-pyrrole nitrogens is 1. The highest BCUT2D eigenvalue weighted by Crippen LogP contribution is 2.24. The van der Waals surface area contributed by atoms with Crippen molar-refractivity contribution >= 4 is 22.6 Å².